The first-order chi connectivity index (χ1) is 8.15. The minimum atomic E-state index is -0.562. The Balaban J connectivity index is 2.42. The molecule has 4 nitrogen and oxygen atoms in total. The predicted octanol–water partition coefficient (Wildman–Crippen LogP) is 2.25. The summed E-state index contributed by atoms with van der Waals surface area (Å²) in [6, 6.07) is 3.87. The van der Waals surface area contributed by atoms with Gasteiger partial charge in [0.2, 0.25) is 6.08 Å². The van der Waals surface area contributed by atoms with Gasteiger partial charge in [0.05, 0.1) is 5.54 Å². The third-order valence-corrected chi connectivity index (χ3v) is 3.18. The first-order valence-electron chi connectivity index (χ1n) is 5.94. The Morgan fingerprint density at radius 1 is 1.41 bits per heavy atom. The minimum absolute atomic E-state index is 0.562. The van der Waals surface area contributed by atoms with Crippen molar-refractivity contribution in [2.75, 3.05) is 18.0 Å². The van der Waals surface area contributed by atoms with E-state index in [1.807, 2.05) is 26.0 Å². The van der Waals surface area contributed by atoms with Crippen molar-refractivity contribution in [1.82, 2.24) is 4.98 Å². The molecule has 1 aromatic rings. The van der Waals surface area contributed by atoms with E-state index in [9.17, 15) is 4.79 Å². The molecule has 0 spiro atoms. The molecule has 0 saturated carbocycles. The van der Waals surface area contributed by atoms with Crippen LogP contribution in [0, 0.1) is 0 Å². The molecule has 0 bridgehead atoms. The summed E-state index contributed by atoms with van der Waals surface area (Å²) < 4.78 is 0. The smallest absolute Gasteiger partial charge is 0.235 e. The van der Waals surface area contributed by atoms with Crippen LogP contribution in [-0.4, -0.2) is 24.2 Å². The molecule has 90 valence electrons. The maximum Gasteiger partial charge on any atom is 0.235 e. The van der Waals surface area contributed by atoms with Crippen LogP contribution in [0.3, 0.4) is 0 Å². The van der Waals surface area contributed by atoms with Crippen molar-refractivity contribution in [3.8, 4) is 0 Å². The third kappa shape index (κ3) is 2.37. The van der Waals surface area contributed by atoms with Crippen LogP contribution in [0.1, 0.15) is 32.3 Å². The fraction of sp³-hybridized carbons (Fsp3) is 0.538. The number of aromatic nitrogens is 1. The summed E-state index contributed by atoms with van der Waals surface area (Å²) in [6.45, 7) is 5.89. The van der Waals surface area contributed by atoms with E-state index in [0.29, 0.717) is 0 Å². The Kier molecular flexibility index (Phi) is 3.25. The molecule has 1 aromatic heterocycles. The summed E-state index contributed by atoms with van der Waals surface area (Å²) in [5.41, 5.74) is 0.429. The standard InChI is InChI=1S/C13H17N3O/c1-13(2,15-10-17)11-6-5-7-14-12(11)16-8-3-4-9-16/h5-7H,3-4,8-9H2,1-2H3. The summed E-state index contributed by atoms with van der Waals surface area (Å²) in [5, 5.41) is 0. The number of anilines is 1. The van der Waals surface area contributed by atoms with Crippen LogP contribution in [0.2, 0.25) is 0 Å². The topological polar surface area (TPSA) is 45.6 Å². The van der Waals surface area contributed by atoms with Gasteiger partial charge in [0.25, 0.3) is 0 Å². The highest BCUT2D eigenvalue weighted by molar-refractivity contribution is 5.52. The molecule has 2 heterocycles. The van der Waals surface area contributed by atoms with Gasteiger partial charge < -0.3 is 4.90 Å². The molecule has 0 radical (unpaired) electrons. The van der Waals surface area contributed by atoms with E-state index in [2.05, 4.69) is 14.9 Å². The Morgan fingerprint density at radius 2 is 2.12 bits per heavy atom. The van der Waals surface area contributed by atoms with Gasteiger partial charge >= 0.3 is 0 Å². The van der Waals surface area contributed by atoms with Crippen molar-refractivity contribution in [2.24, 2.45) is 4.99 Å². The molecule has 4 heteroatoms. The number of aliphatic imine (C=N–C) groups is 1. The van der Waals surface area contributed by atoms with E-state index in [1.165, 1.54) is 12.8 Å². The quantitative estimate of drug-likeness (QED) is 0.592. The number of isocyanates is 1. The second kappa shape index (κ2) is 4.68. The van der Waals surface area contributed by atoms with Crippen LogP contribution in [0.5, 0.6) is 0 Å². The van der Waals surface area contributed by atoms with E-state index in [-0.39, 0.29) is 0 Å². The molecule has 1 aliphatic rings. The number of carbonyl (C=O) groups excluding carboxylic acids is 1. The summed E-state index contributed by atoms with van der Waals surface area (Å²) in [5.74, 6) is 0.953. The molecule has 1 saturated heterocycles. The average molecular weight is 231 g/mol. The van der Waals surface area contributed by atoms with Gasteiger partial charge in [0, 0.05) is 24.8 Å². The van der Waals surface area contributed by atoms with Gasteiger partial charge in [0.15, 0.2) is 0 Å². The Labute approximate surface area is 101 Å². The highest BCUT2D eigenvalue weighted by Gasteiger charge is 2.27. The monoisotopic (exact) mass is 231 g/mol. The summed E-state index contributed by atoms with van der Waals surface area (Å²) in [7, 11) is 0. The lowest BCUT2D eigenvalue weighted by atomic mass is 9.95. The average Bonchev–Trinajstić information content (AvgIpc) is 2.82. The fourth-order valence-electron chi connectivity index (χ4n) is 2.23. The van der Waals surface area contributed by atoms with E-state index in [4.69, 9.17) is 0 Å². The van der Waals surface area contributed by atoms with Crippen molar-refractivity contribution in [1.29, 1.82) is 0 Å². The van der Waals surface area contributed by atoms with Gasteiger partial charge in [-0.25, -0.2) is 9.78 Å². The van der Waals surface area contributed by atoms with Crippen LogP contribution in [-0.2, 0) is 10.3 Å². The molecular weight excluding hydrogens is 214 g/mol. The predicted molar refractivity (Wildman–Crippen MR) is 66.8 cm³/mol. The largest absolute Gasteiger partial charge is 0.356 e. The number of hydrogen-bond acceptors (Lipinski definition) is 4. The number of rotatable bonds is 3. The normalized spacial score (nSPS) is 15.8. The molecule has 1 aliphatic heterocycles. The summed E-state index contributed by atoms with van der Waals surface area (Å²) in [4.78, 5) is 21.1. The molecule has 0 unspecified atom stereocenters. The van der Waals surface area contributed by atoms with Gasteiger partial charge in [-0.3, -0.25) is 0 Å². The molecule has 0 aromatic carbocycles. The number of hydrogen-bond donors (Lipinski definition) is 0. The van der Waals surface area contributed by atoms with Crippen LogP contribution in [0.25, 0.3) is 0 Å². The van der Waals surface area contributed by atoms with Crippen molar-refractivity contribution >= 4 is 11.9 Å². The third-order valence-electron chi connectivity index (χ3n) is 3.18. The first-order valence-corrected chi connectivity index (χ1v) is 5.94. The van der Waals surface area contributed by atoms with Crippen molar-refractivity contribution in [3.63, 3.8) is 0 Å². The lowest BCUT2D eigenvalue weighted by Crippen LogP contribution is -2.25. The van der Waals surface area contributed by atoms with Crippen molar-refractivity contribution < 1.29 is 4.79 Å². The van der Waals surface area contributed by atoms with E-state index >= 15 is 0 Å². The lowest BCUT2D eigenvalue weighted by Gasteiger charge is -2.26. The van der Waals surface area contributed by atoms with Crippen LogP contribution < -0.4 is 4.90 Å². The number of pyridine rings is 1. The zero-order valence-electron chi connectivity index (χ0n) is 10.3. The summed E-state index contributed by atoms with van der Waals surface area (Å²) in [6.07, 6.45) is 5.85. The maximum atomic E-state index is 10.5. The fourth-order valence-corrected chi connectivity index (χ4v) is 2.23. The molecule has 2 rings (SSSR count). The zero-order chi connectivity index (χ0) is 12.3. The SMILES string of the molecule is CC(C)(N=C=O)c1cccnc1N1CCCC1. The molecule has 1 fully saturated rings. The Bertz CT molecular complexity index is 444. The highest BCUT2D eigenvalue weighted by Crippen LogP contribution is 2.32. The van der Waals surface area contributed by atoms with Gasteiger partial charge in [-0.1, -0.05) is 6.07 Å². The molecular formula is C13H17N3O. The van der Waals surface area contributed by atoms with Crippen molar-refractivity contribution in [2.45, 2.75) is 32.2 Å². The molecule has 0 aliphatic carbocycles. The van der Waals surface area contributed by atoms with E-state index in [0.717, 1.165) is 24.5 Å². The lowest BCUT2D eigenvalue weighted by molar-refractivity contribution is 0.521. The zero-order valence-corrected chi connectivity index (χ0v) is 10.3. The molecule has 0 atom stereocenters. The van der Waals surface area contributed by atoms with Gasteiger partial charge in [-0.15, -0.1) is 0 Å². The maximum absolute atomic E-state index is 10.5. The van der Waals surface area contributed by atoms with Crippen LogP contribution in [0.4, 0.5) is 5.82 Å². The second-order valence-electron chi connectivity index (χ2n) is 4.83. The highest BCUT2D eigenvalue weighted by atomic mass is 16.1. The van der Waals surface area contributed by atoms with Gasteiger partial charge in [-0.05, 0) is 32.8 Å². The Morgan fingerprint density at radius 3 is 2.76 bits per heavy atom. The van der Waals surface area contributed by atoms with Gasteiger partial charge in [0.1, 0.15) is 5.82 Å². The first kappa shape index (κ1) is 11.8. The molecule has 0 N–H and O–H groups in total. The molecule has 0 amide bonds. The summed E-state index contributed by atoms with van der Waals surface area (Å²) >= 11 is 0. The van der Waals surface area contributed by atoms with Crippen LogP contribution >= 0.6 is 0 Å². The van der Waals surface area contributed by atoms with Crippen molar-refractivity contribution in [3.05, 3.63) is 23.9 Å². The molecule has 17 heavy (non-hydrogen) atoms. The number of nitrogens with zero attached hydrogens (tertiary/aromatic N) is 3. The van der Waals surface area contributed by atoms with E-state index in [1.54, 1.807) is 12.3 Å². The minimum Gasteiger partial charge on any atom is -0.356 e. The van der Waals surface area contributed by atoms with Crippen LogP contribution in [0.15, 0.2) is 23.3 Å². The Hall–Kier alpha value is -1.67. The van der Waals surface area contributed by atoms with Gasteiger partial charge in [-0.2, -0.15) is 4.99 Å². The van der Waals surface area contributed by atoms with E-state index < -0.39 is 5.54 Å². The second-order valence-corrected chi connectivity index (χ2v) is 4.83.